The number of nitrogens with zero attached hydrogens (tertiary/aromatic N) is 5. The zero-order valence-corrected chi connectivity index (χ0v) is 32.4. The Hall–Kier alpha value is -4.06. The molecule has 1 N–H and O–H groups in total. The number of aromatic nitrogens is 1. The smallest absolute Gasteiger partial charge is 0.416 e. The van der Waals surface area contributed by atoms with Crippen LogP contribution in [0.25, 0.3) is 10.4 Å². The fourth-order valence-electron chi connectivity index (χ4n) is 5.23. The van der Waals surface area contributed by atoms with Crippen molar-refractivity contribution >= 4 is 52.8 Å². The van der Waals surface area contributed by atoms with Gasteiger partial charge in [-0.2, -0.15) is 0 Å². The highest BCUT2D eigenvalue weighted by Crippen LogP contribution is 2.38. The average molecular weight is 764 g/mol. The zero-order valence-electron chi connectivity index (χ0n) is 30.9. The van der Waals surface area contributed by atoms with Gasteiger partial charge < -0.3 is 19.5 Å². The molecule has 52 heavy (non-hydrogen) atoms. The Morgan fingerprint density at radius 1 is 0.981 bits per heavy atom. The van der Waals surface area contributed by atoms with E-state index in [1.54, 1.807) is 45.2 Å². The van der Waals surface area contributed by atoms with Crippen LogP contribution >= 0.6 is 23.2 Å². The third kappa shape index (κ3) is 17.4. The first kappa shape index (κ1) is 44.1. The molecule has 2 aromatic rings. The predicted molar refractivity (Wildman–Crippen MR) is 202 cm³/mol. The second kappa shape index (κ2) is 23.5. The van der Waals surface area contributed by atoms with Crippen molar-refractivity contribution in [1.29, 1.82) is 0 Å². The number of ether oxygens (including phenoxy) is 3. The number of rotatable bonds is 23. The minimum absolute atomic E-state index is 0.0561. The molecule has 0 saturated carbocycles. The Kier molecular flexibility index (Phi) is 19.9. The van der Waals surface area contributed by atoms with E-state index in [0.29, 0.717) is 49.7 Å². The monoisotopic (exact) mass is 762 g/mol. The summed E-state index contributed by atoms with van der Waals surface area (Å²) in [4.78, 5) is 59.3. The number of hydrogen-bond acceptors (Lipinski definition) is 9. The zero-order chi connectivity index (χ0) is 38.5. The summed E-state index contributed by atoms with van der Waals surface area (Å²) >= 11 is 13.1. The number of nitrogens with one attached hydrogen (secondary N) is 1. The van der Waals surface area contributed by atoms with Crippen LogP contribution in [0.3, 0.4) is 0 Å². The molecule has 0 spiro atoms. The number of hydrogen-bond donors (Lipinski definition) is 1. The highest BCUT2D eigenvalue weighted by Gasteiger charge is 2.25. The highest BCUT2D eigenvalue weighted by atomic mass is 35.5. The van der Waals surface area contributed by atoms with E-state index in [-0.39, 0.29) is 47.5 Å². The lowest BCUT2D eigenvalue weighted by Crippen LogP contribution is -2.38. The summed E-state index contributed by atoms with van der Waals surface area (Å²) in [7, 11) is 1.27. The molecule has 0 aliphatic carbocycles. The summed E-state index contributed by atoms with van der Waals surface area (Å²) in [6, 6.07) is 6.91. The summed E-state index contributed by atoms with van der Waals surface area (Å²) in [6.07, 6.45) is 7.80. The SMILES string of the molecule is COC(=O)CC(CC(=O)CNC(=O)CCCCN(C(=O)OC(C)(C)C)c1cc(C)ccn1)c1cc(Cl)c(OCCCCCCCCN=[N+]=[N-])c(Cl)c1. The molecule has 0 radical (unpaired) electrons. The summed E-state index contributed by atoms with van der Waals surface area (Å²) in [5.74, 6) is -0.888. The molecule has 13 nitrogen and oxygen atoms in total. The maximum atomic E-state index is 13.0. The van der Waals surface area contributed by atoms with Gasteiger partial charge in [0.15, 0.2) is 11.5 Å². The number of carbonyl (C=O) groups is 4. The number of halogens is 2. The summed E-state index contributed by atoms with van der Waals surface area (Å²) in [5.41, 5.74) is 9.16. The average Bonchev–Trinajstić information content (AvgIpc) is 3.07. The van der Waals surface area contributed by atoms with Crippen LogP contribution in [-0.4, -0.2) is 67.7 Å². The van der Waals surface area contributed by atoms with Crippen molar-refractivity contribution in [2.24, 2.45) is 5.11 Å². The normalized spacial score (nSPS) is 11.6. The van der Waals surface area contributed by atoms with Crippen molar-refractivity contribution in [2.75, 3.05) is 38.3 Å². The Labute approximate surface area is 316 Å². The number of azide groups is 1. The van der Waals surface area contributed by atoms with Gasteiger partial charge in [0.2, 0.25) is 5.91 Å². The molecule has 15 heteroatoms. The Morgan fingerprint density at radius 2 is 1.65 bits per heavy atom. The van der Waals surface area contributed by atoms with E-state index in [0.717, 1.165) is 44.1 Å². The molecule has 1 aromatic heterocycles. The predicted octanol–water partition coefficient (Wildman–Crippen LogP) is 9.06. The van der Waals surface area contributed by atoms with E-state index < -0.39 is 23.6 Å². The minimum atomic E-state index is -0.685. The molecule has 0 saturated heterocycles. The summed E-state index contributed by atoms with van der Waals surface area (Å²) in [6.45, 7) is 8.30. The summed E-state index contributed by atoms with van der Waals surface area (Å²) < 4.78 is 16.3. The maximum absolute atomic E-state index is 13.0. The Morgan fingerprint density at radius 3 is 2.29 bits per heavy atom. The number of ketones is 1. The van der Waals surface area contributed by atoms with Crippen molar-refractivity contribution in [3.8, 4) is 5.75 Å². The van der Waals surface area contributed by atoms with Gasteiger partial charge >= 0.3 is 12.1 Å². The van der Waals surface area contributed by atoms with Crippen molar-refractivity contribution in [1.82, 2.24) is 10.3 Å². The molecular formula is C37H52Cl2N6O7. The quantitative estimate of drug-likeness (QED) is 0.0384. The van der Waals surface area contributed by atoms with Crippen LogP contribution in [0.4, 0.5) is 10.6 Å². The van der Waals surface area contributed by atoms with Crippen LogP contribution in [0, 0.1) is 6.92 Å². The van der Waals surface area contributed by atoms with Gasteiger partial charge in [-0.3, -0.25) is 19.3 Å². The van der Waals surface area contributed by atoms with Crippen molar-refractivity contribution < 1.29 is 33.4 Å². The lowest BCUT2D eigenvalue weighted by molar-refractivity contribution is -0.141. The molecule has 0 aliphatic rings. The van der Waals surface area contributed by atoms with Crippen LogP contribution in [0.15, 0.2) is 35.6 Å². The number of unbranched alkanes of at least 4 members (excludes halogenated alkanes) is 6. The second-order valence-electron chi connectivity index (χ2n) is 13.5. The van der Waals surface area contributed by atoms with Crippen LogP contribution in [0.1, 0.15) is 108 Å². The van der Waals surface area contributed by atoms with Gasteiger partial charge in [-0.25, -0.2) is 9.78 Å². The number of pyridine rings is 1. The van der Waals surface area contributed by atoms with E-state index in [4.69, 9.17) is 42.9 Å². The van der Waals surface area contributed by atoms with Crippen LogP contribution in [0.2, 0.25) is 10.0 Å². The van der Waals surface area contributed by atoms with E-state index in [2.05, 4.69) is 20.3 Å². The third-order valence-corrected chi connectivity index (χ3v) is 8.44. The van der Waals surface area contributed by atoms with Crippen LogP contribution in [0.5, 0.6) is 5.75 Å². The molecule has 1 atom stereocenters. The van der Waals surface area contributed by atoms with Crippen LogP contribution in [-0.2, 0) is 23.9 Å². The van der Waals surface area contributed by atoms with Gasteiger partial charge in [-0.1, -0.05) is 54.0 Å². The number of Topliss-reactive ketones (excluding diaryl/α,β-unsaturated/α-hetero) is 1. The molecule has 0 fully saturated rings. The van der Waals surface area contributed by atoms with Gasteiger partial charge in [0.1, 0.15) is 11.4 Å². The molecular weight excluding hydrogens is 711 g/mol. The minimum Gasteiger partial charge on any atom is -0.490 e. The molecule has 2 rings (SSSR count). The highest BCUT2D eigenvalue weighted by molar-refractivity contribution is 6.37. The standard InChI is InChI=1S/C37H52Cl2N6O7/c1-26-15-17-41-32(20-26)45(36(49)52-37(2,3)4)18-12-10-14-33(47)42-25-29(46)21-27(24-34(48)50-5)28-22-30(38)35(31(39)23-28)51-19-13-9-7-6-8-11-16-43-44-40/h15,17,20,22-23,27H,6-14,16,18-19,21,24-25H2,1-5H3,(H,42,47). The van der Waals surface area contributed by atoms with Crippen molar-refractivity contribution in [2.45, 2.75) is 110 Å². The van der Waals surface area contributed by atoms with E-state index in [1.807, 2.05) is 13.0 Å². The maximum Gasteiger partial charge on any atom is 0.416 e. The molecule has 0 bridgehead atoms. The fraction of sp³-hybridized carbons (Fsp3) is 0.595. The molecule has 1 aromatic carbocycles. The molecule has 1 unspecified atom stereocenters. The lowest BCUT2D eigenvalue weighted by atomic mass is 9.90. The van der Waals surface area contributed by atoms with E-state index >= 15 is 0 Å². The number of benzene rings is 1. The first-order chi connectivity index (χ1) is 24.7. The van der Waals surface area contributed by atoms with Crippen molar-refractivity contribution in [3.05, 3.63) is 62.1 Å². The molecule has 2 amide bonds. The van der Waals surface area contributed by atoms with Gasteiger partial charge in [0, 0.05) is 43.0 Å². The van der Waals surface area contributed by atoms with Gasteiger partial charge in [-0.05, 0) is 94.3 Å². The summed E-state index contributed by atoms with van der Waals surface area (Å²) in [5, 5.41) is 6.72. The molecule has 1 heterocycles. The van der Waals surface area contributed by atoms with Gasteiger partial charge in [-0.15, -0.1) is 0 Å². The number of anilines is 1. The van der Waals surface area contributed by atoms with E-state index in [9.17, 15) is 19.2 Å². The topological polar surface area (TPSA) is 173 Å². The first-order valence-electron chi connectivity index (χ1n) is 17.6. The Bertz CT molecular complexity index is 1510. The van der Waals surface area contributed by atoms with Crippen molar-refractivity contribution in [3.63, 3.8) is 0 Å². The Balaban J connectivity index is 1.88. The number of methoxy groups -OCH3 is 1. The number of esters is 1. The number of carbonyl (C=O) groups excluding carboxylic acids is 4. The lowest BCUT2D eigenvalue weighted by Gasteiger charge is -2.27. The number of amides is 2. The number of aryl methyl sites for hydroxylation is 1. The fourth-order valence-corrected chi connectivity index (χ4v) is 5.84. The molecule has 0 aliphatic heterocycles. The van der Waals surface area contributed by atoms with Gasteiger partial charge in [0.05, 0.1) is 36.7 Å². The first-order valence-corrected chi connectivity index (χ1v) is 18.4. The third-order valence-electron chi connectivity index (χ3n) is 7.88. The largest absolute Gasteiger partial charge is 0.490 e. The second-order valence-corrected chi connectivity index (χ2v) is 14.3. The van der Waals surface area contributed by atoms with E-state index in [1.165, 1.54) is 12.0 Å². The molecule has 286 valence electrons. The van der Waals surface area contributed by atoms with Crippen LogP contribution < -0.4 is 15.0 Å². The van der Waals surface area contributed by atoms with Gasteiger partial charge in [0.25, 0.3) is 0 Å².